The lowest BCUT2D eigenvalue weighted by Gasteiger charge is -1.82. The smallest absolute Gasteiger partial charge is 0.202 e. The van der Waals surface area contributed by atoms with Gasteiger partial charge in [-0.2, -0.15) is 0 Å². The second-order valence-electron chi connectivity index (χ2n) is 2.55. The predicted octanol–water partition coefficient (Wildman–Crippen LogP) is 3.10. The predicted molar refractivity (Wildman–Crippen MR) is 83.7 cm³/mol. The summed E-state index contributed by atoms with van der Waals surface area (Å²) >= 11 is 3.28. The number of hydrogen-bond donors (Lipinski definition) is 0. The molecule has 0 amide bonds. The van der Waals surface area contributed by atoms with Crippen molar-refractivity contribution in [2.75, 3.05) is 0 Å². The quantitative estimate of drug-likeness (QED) is 0.443. The maximum atomic E-state index is 10.5. The monoisotopic (exact) mass is 458 g/mol. The summed E-state index contributed by atoms with van der Waals surface area (Å²) in [7, 11) is -3.42. The van der Waals surface area contributed by atoms with Gasteiger partial charge in [-0.3, -0.25) is 0 Å². The van der Waals surface area contributed by atoms with Crippen molar-refractivity contribution >= 4 is 55.0 Å². The van der Waals surface area contributed by atoms with E-state index in [2.05, 4.69) is 26.9 Å². The van der Waals surface area contributed by atoms with Gasteiger partial charge in [-0.1, -0.05) is 35.9 Å². The highest BCUT2D eigenvalue weighted by Gasteiger charge is 1.95. The van der Waals surface area contributed by atoms with Gasteiger partial charge in [-0.25, -0.2) is 8.42 Å². The van der Waals surface area contributed by atoms with Crippen LogP contribution < -0.4 is 0 Å². The second kappa shape index (κ2) is 8.85. The highest BCUT2D eigenvalue weighted by molar-refractivity contribution is 14.1. The van der Waals surface area contributed by atoms with E-state index >= 15 is 0 Å². The number of sulfone groups is 1. The van der Waals surface area contributed by atoms with Crippen LogP contribution in [0.15, 0.2) is 30.3 Å². The molecule has 16 heavy (non-hydrogen) atoms. The van der Waals surface area contributed by atoms with Gasteiger partial charge in [0.1, 0.15) is 0 Å². The third-order valence-corrected chi connectivity index (χ3v) is 3.30. The van der Waals surface area contributed by atoms with Crippen LogP contribution in [0.4, 0.5) is 0 Å². The van der Waals surface area contributed by atoms with Crippen LogP contribution in [0.25, 0.3) is 0 Å². The minimum absolute atomic E-state index is 1.32. The summed E-state index contributed by atoms with van der Waals surface area (Å²) in [5.74, 6) is 0. The third-order valence-electron chi connectivity index (χ3n) is 1.29. The SMILES string of the molecule is Cc1ccccc1.O=S(=O)(C#CI)C#CI. The summed E-state index contributed by atoms with van der Waals surface area (Å²) in [5, 5.41) is 3.91. The average Bonchev–Trinajstić information content (AvgIpc) is 2.19. The largest absolute Gasteiger partial charge is 0.285 e. The first-order valence-electron chi connectivity index (χ1n) is 4.03. The Kier molecular flexibility index (Phi) is 8.71. The molecule has 1 aromatic rings. The average molecular weight is 458 g/mol. The zero-order valence-electron chi connectivity index (χ0n) is 8.37. The van der Waals surface area contributed by atoms with Crippen LogP contribution >= 0.6 is 45.2 Å². The topological polar surface area (TPSA) is 34.1 Å². The molecule has 0 fully saturated rings. The lowest BCUT2D eigenvalue weighted by atomic mass is 10.2. The molecular weight excluding hydrogens is 450 g/mol. The second-order valence-corrected chi connectivity index (χ2v) is 5.05. The minimum Gasteiger partial charge on any atom is -0.202 e. The molecule has 0 spiro atoms. The zero-order chi connectivity index (χ0) is 12.4. The Hall–Kier alpha value is -0.250. The number of hydrogen-bond acceptors (Lipinski definition) is 2. The lowest BCUT2D eigenvalue weighted by Crippen LogP contribution is -1.87. The highest BCUT2D eigenvalue weighted by Crippen LogP contribution is 1.92. The van der Waals surface area contributed by atoms with Crippen LogP contribution in [-0.4, -0.2) is 8.42 Å². The molecule has 0 aliphatic heterocycles. The molecule has 1 rings (SSSR count). The van der Waals surface area contributed by atoms with Gasteiger partial charge in [0.15, 0.2) is 0 Å². The molecule has 0 N–H and O–H groups in total. The lowest BCUT2D eigenvalue weighted by molar-refractivity contribution is 0.615. The van der Waals surface area contributed by atoms with E-state index in [1.807, 2.05) is 28.7 Å². The van der Waals surface area contributed by atoms with E-state index < -0.39 is 9.84 Å². The van der Waals surface area contributed by atoms with Gasteiger partial charge in [-0.05, 0) is 14.8 Å². The molecule has 0 aliphatic rings. The molecule has 0 saturated carbocycles. The molecule has 0 radical (unpaired) electrons. The summed E-state index contributed by atoms with van der Waals surface area (Å²) in [6, 6.07) is 10.3. The Bertz CT molecular complexity index is 502. The van der Waals surface area contributed by atoms with Crippen LogP contribution in [0.3, 0.4) is 0 Å². The Labute approximate surface area is 123 Å². The van der Waals surface area contributed by atoms with Crippen LogP contribution in [0, 0.1) is 25.3 Å². The molecule has 0 unspecified atom stereocenters. The first-order valence-corrected chi connectivity index (χ1v) is 7.67. The number of benzene rings is 1. The Balaban J connectivity index is 0.000000288. The fourth-order valence-electron chi connectivity index (χ4n) is 0.661. The zero-order valence-corrected chi connectivity index (χ0v) is 13.5. The summed E-state index contributed by atoms with van der Waals surface area (Å²) in [5.41, 5.74) is 1.32. The fraction of sp³-hybridized carbons (Fsp3) is 0.0909. The summed E-state index contributed by atoms with van der Waals surface area (Å²) in [6.45, 7) is 2.08. The minimum atomic E-state index is -3.42. The van der Waals surface area contributed by atoms with E-state index in [0.717, 1.165) is 0 Å². The summed E-state index contributed by atoms with van der Waals surface area (Å²) < 4.78 is 25.4. The normalized spacial score (nSPS) is 8.44. The van der Waals surface area contributed by atoms with Crippen LogP contribution in [-0.2, 0) is 9.84 Å². The molecule has 2 nitrogen and oxygen atoms in total. The highest BCUT2D eigenvalue weighted by atomic mass is 127. The van der Waals surface area contributed by atoms with Crippen molar-refractivity contribution in [3.63, 3.8) is 0 Å². The summed E-state index contributed by atoms with van der Waals surface area (Å²) in [6.07, 6.45) is 0. The standard InChI is InChI=1S/C7H8.C4I2O2S/c1-7-5-3-2-4-6-7;5-1-3-9(7,8)4-2-6/h2-6H,1H3;. The van der Waals surface area contributed by atoms with Crippen molar-refractivity contribution in [3.8, 4) is 18.4 Å². The van der Waals surface area contributed by atoms with Crippen molar-refractivity contribution in [1.29, 1.82) is 0 Å². The third kappa shape index (κ3) is 9.01. The first kappa shape index (κ1) is 15.8. The van der Waals surface area contributed by atoms with E-state index in [-0.39, 0.29) is 0 Å². The van der Waals surface area contributed by atoms with E-state index in [9.17, 15) is 8.42 Å². The van der Waals surface area contributed by atoms with Gasteiger partial charge >= 0.3 is 0 Å². The van der Waals surface area contributed by atoms with Crippen molar-refractivity contribution in [2.24, 2.45) is 0 Å². The van der Waals surface area contributed by atoms with Crippen LogP contribution in [0.2, 0.25) is 0 Å². The number of aryl methyl sites for hydroxylation is 1. The van der Waals surface area contributed by atoms with Gasteiger partial charge in [0.05, 0.1) is 10.5 Å². The Morgan fingerprint density at radius 3 is 1.69 bits per heavy atom. The summed E-state index contributed by atoms with van der Waals surface area (Å²) in [4.78, 5) is 0. The molecular formula is C11H8I2O2S. The van der Waals surface area contributed by atoms with Crippen LogP contribution in [0.1, 0.15) is 5.56 Å². The molecule has 5 heteroatoms. The van der Waals surface area contributed by atoms with E-state index in [0.29, 0.717) is 0 Å². The number of rotatable bonds is 0. The molecule has 0 atom stereocenters. The number of halogens is 2. The maximum Gasteiger partial charge on any atom is 0.285 e. The van der Waals surface area contributed by atoms with E-state index in [4.69, 9.17) is 0 Å². The molecule has 84 valence electrons. The van der Waals surface area contributed by atoms with Gasteiger partial charge in [0.2, 0.25) is 0 Å². The Morgan fingerprint density at radius 2 is 1.44 bits per heavy atom. The fourth-order valence-corrected chi connectivity index (χ4v) is 2.65. The van der Waals surface area contributed by atoms with Gasteiger partial charge < -0.3 is 0 Å². The van der Waals surface area contributed by atoms with Gasteiger partial charge in [0.25, 0.3) is 9.84 Å². The van der Waals surface area contributed by atoms with Crippen molar-refractivity contribution in [3.05, 3.63) is 35.9 Å². The van der Waals surface area contributed by atoms with Gasteiger partial charge in [-0.15, -0.1) is 0 Å². The first-order chi connectivity index (χ1) is 7.52. The Morgan fingerprint density at radius 1 is 1.00 bits per heavy atom. The van der Waals surface area contributed by atoms with Gasteiger partial charge in [0, 0.05) is 45.2 Å². The van der Waals surface area contributed by atoms with Crippen molar-refractivity contribution in [2.45, 2.75) is 6.92 Å². The molecule has 0 aromatic heterocycles. The molecule has 1 aromatic carbocycles. The maximum absolute atomic E-state index is 10.5. The van der Waals surface area contributed by atoms with E-state index in [1.165, 1.54) is 5.56 Å². The molecule has 0 heterocycles. The van der Waals surface area contributed by atoms with Crippen LogP contribution in [0.5, 0.6) is 0 Å². The van der Waals surface area contributed by atoms with Crippen molar-refractivity contribution in [1.82, 2.24) is 0 Å². The molecule has 0 bridgehead atoms. The molecule has 0 aliphatic carbocycles. The van der Waals surface area contributed by atoms with Crippen molar-refractivity contribution < 1.29 is 8.42 Å². The van der Waals surface area contributed by atoms with E-state index in [1.54, 1.807) is 45.2 Å². The molecule has 0 saturated heterocycles.